The first-order valence-electron chi connectivity index (χ1n) is 9.06. The van der Waals surface area contributed by atoms with Crippen LogP contribution in [0.3, 0.4) is 0 Å². The number of anilines is 2. The predicted molar refractivity (Wildman–Crippen MR) is 124 cm³/mol. The Balaban J connectivity index is 1.60. The number of nitrogens with zero attached hydrogens (tertiary/aromatic N) is 1. The van der Waals surface area contributed by atoms with Crippen molar-refractivity contribution in [2.75, 3.05) is 17.7 Å². The van der Waals surface area contributed by atoms with Gasteiger partial charge in [-0.1, -0.05) is 23.4 Å². The maximum Gasteiger partial charge on any atom is 0.417 e. The van der Waals surface area contributed by atoms with Gasteiger partial charge >= 0.3 is 6.18 Å². The van der Waals surface area contributed by atoms with E-state index in [0.717, 1.165) is 22.1 Å². The summed E-state index contributed by atoms with van der Waals surface area (Å²) in [6.45, 7) is 0. The fourth-order valence-electron chi connectivity index (χ4n) is 2.56. The number of hydrogen-bond acceptors (Lipinski definition) is 4. The summed E-state index contributed by atoms with van der Waals surface area (Å²) in [5.41, 5.74) is 0.350. The molecule has 32 heavy (non-hydrogen) atoms. The van der Waals surface area contributed by atoms with E-state index in [4.69, 9.17) is 23.8 Å². The van der Waals surface area contributed by atoms with Gasteiger partial charge < -0.3 is 16.0 Å². The number of benzene rings is 2. The van der Waals surface area contributed by atoms with Crippen molar-refractivity contribution in [1.82, 2.24) is 10.3 Å². The molecule has 3 N–H and O–H groups in total. The summed E-state index contributed by atoms with van der Waals surface area (Å²) in [4.78, 5) is 16.7. The number of nitrogens with one attached hydrogen (secondary N) is 3. The van der Waals surface area contributed by atoms with Gasteiger partial charge in [-0.15, -0.1) is 0 Å². The number of rotatable bonds is 5. The molecule has 0 saturated heterocycles. The minimum Gasteiger partial charge on any atom is -0.355 e. The van der Waals surface area contributed by atoms with Crippen molar-refractivity contribution >= 4 is 58.0 Å². The van der Waals surface area contributed by atoms with E-state index < -0.39 is 11.7 Å². The number of halogens is 4. The predicted octanol–water partition coefficient (Wildman–Crippen LogP) is 6.07. The molecule has 0 unspecified atom stereocenters. The summed E-state index contributed by atoms with van der Waals surface area (Å²) in [6, 6.07) is 14.2. The van der Waals surface area contributed by atoms with Crippen molar-refractivity contribution in [1.29, 1.82) is 0 Å². The number of hydrogen-bond donors (Lipinski definition) is 3. The molecule has 166 valence electrons. The van der Waals surface area contributed by atoms with E-state index >= 15 is 0 Å². The summed E-state index contributed by atoms with van der Waals surface area (Å²) in [5.74, 6) is -0.206. The zero-order chi connectivity index (χ0) is 23.3. The summed E-state index contributed by atoms with van der Waals surface area (Å²) in [7, 11) is 1.55. The number of aromatic nitrogens is 1. The summed E-state index contributed by atoms with van der Waals surface area (Å²) in [6.07, 6.45) is -3.06. The topological polar surface area (TPSA) is 66.1 Å². The van der Waals surface area contributed by atoms with Crippen molar-refractivity contribution in [2.45, 2.75) is 16.1 Å². The van der Waals surface area contributed by atoms with Crippen LogP contribution in [0.2, 0.25) is 5.02 Å². The van der Waals surface area contributed by atoms with Gasteiger partial charge in [0.15, 0.2) is 5.11 Å². The number of pyridine rings is 1. The SMILES string of the molecule is CNC(=O)c1ccc(Sc2ccc(NC(=S)Nc3ccc(Cl)c(C(F)(F)F)c3)cc2)nc1. The van der Waals surface area contributed by atoms with Crippen LogP contribution in [0.5, 0.6) is 0 Å². The molecule has 0 radical (unpaired) electrons. The van der Waals surface area contributed by atoms with Gasteiger partial charge in [0.25, 0.3) is 5.91 Å². The van der Waals surface area contributed by atoms with Gasteiger partial charge in [-0.2, -0.15) is 13.2 Å². The lowest BCUT2D eigenvalue weighted by Crippen LogP contribution is -2.19. The second-order valence-corrected chi connectivity index (χ2v) is 8.27. The lowest BCUT2D eigenvalue weighted by atomic mass is 10.2. The summed E-state index contributed by atoms with van der Waals surface area (Å²) < 4.78 is 39.0. The number of thiocarbonyl (C=S) groups is 1. The van der Waals surface area contributed by atoms with E-state index in [1.165, 1.54) is 24.0 Å². The first kappa shape index (κ1) is 23.8. The van der Waals surface area contributed by atoms with Crippen molar-refractivity contribution in [3.8, 4) is 0 Å². The molecule has 3 aromatic rings. The Morgan fingerprint density at radius 2 is 1.69 bits per heavy atom. The molecule has 0 aliphatic heterocycles. The third-order valence-corrected chi connectivity index (χ3v) is 5.58. The molecule has 0 saturated carbocycles. The smallest absolute Gasteiger partial charge is 0.355 e. The maximum atomic E-state index is 13.0. The second kappa shape index (κ2) is 10.2. The molecule has 1 aromatic heterocycles. The van der Waals surface area contributed by atoms with Crippen molar-refractivity contribution in [3.05, 3.63) is 76.9 Å². The zero-order valence-electron chi connectivity index (χ0n) is 16.5. The highest BCUT2D eigenvalue weighted by Gasteiger charge is 2.33. The van der Waals surface area contributed by atoms with E-state index in [0.29, 0.717) is 11.3 Å². The fraction of sp³-hybridized carbons (Fsp3) is 0.0952. The second-order valence-electron chi connectivity index (χ2n) is 6.36. The molecule has 5 nitrogen and oxygen atoms in total. The molecular formula is C21H16ClF3N4OS2. The molecule has 11 heteroatoms. The Labute approximate surface area is 196 Å². The molecule has 0 bridgehead atoms. The van der Waals surface area contributed by atoms with Crippen LogP contribution in [0.25, 0.3) is 0 Å². The number of carbonyl (C=O) groups is 1. The Bertz CT molecular complexity index is 1120. The fourth-order valence-corrected chi connectivity index (χ4v) is 3.78. The van der Waals surface area contributed by atoms with Crippen molar-refractivity contribution in [2.24, 2.45) is 0 Å². The molecule has 0 aliphatic rings. The van der Waals surface area contributed by atoms with Crippen LogP contribution >= 0.6 is 35.6 Å². The van der Waals surface area contributed by atoms with E-state index in [1.807, 2.05) is 12.1 Å². The molecular weight excluding hydrogens is 481 g/mol. The zero-order valence-corrected chi connectivity index (χ0v) is 18.8. The van der Waals surface area contributed by atoms with Gasteiger partial charge in [-0.25, -0.2) is 4.98 Å². The molecule has 2 aromatic carbocycles. The minimum absolute atomic E-state index is 0.132. The highest BCUT2D eigenvalue weighted by molar-refractivity contribution is 7.99. The van der Waals surface area contributed by atoms with Gasteiger partial charge in [-0.3, -0.25) is 4.79 Å². The standard InChI is InChI=1S/C21H16ClF3N4OS2/c1-26-19(30)12-2-9-18(27-11-12)32-15-6-3-13(4-7-15)28-20(31)29-14-5-8-17(22)16(10-14)21(23,24)25/h2-11H,1H3,(H,26,30)(H2,28,29,31). The van der Waals surface area contributed by atoms with Crippen LogP contribution in [0, 0.1) is 0 Å². The monoisotopic (exact) mass is 496 g/mol. The van der Waals surface area contributed by atoms with Gasteiger partial charge in [-0.05, 0) is 66.8 Å². The number of amides is 1. The lowest BCUT2D eigenvalue weighted by molar-refractivity contribution is -0.137. The van der Waals surface area contributed by atoms with E-state index in [-0.39, 0.29) is 21.7 Å². The third-order valence-electron chi connectivity index (χ3n) is 4.09. The van der Waals surface area contributed by atoms with Crippen LogP contribution in [-0.4, -0.2) is 23.1 Å². The number of alkyl halides is 3. The Morgan fingerprint density at radius 1 is 1.03 bits per heavy atom. The molecule has 1 amide bonds. The maximum absolute atomic E-state index is 13.0. The van der Waals surface area contributed by atoms with Crippen LogP contribution < -0.4 is 16.0 Å². The molecule has 3 rings (SSSR count). The molecule has 0 aliphatic carbocycles. The van der Waals surface area contributed by atoms with Gasteiger partial charge in [0.1, 0.15) is 5.03 Å². The molecule has 0 spiro atoms. The molecule has 0 atom stereocenters. The third kappa shape index (κ3) is 6.35. The first-order valence-corrected chi connectivity index (χ1v) is 10.7. The first-order chi connectivity index (χ1) is 15.2. The highest BCUT2D eigenvalue weighted by atomic mass is 35.5. The Morgan fingerprint density at radius 3 is 2.28 bits per heavy atom. The van der Waals surface area contributed by atoms with E-state index in [1.54, 1.807) is 31.3 Å². The van der Waals surface area contributed by atoms with Crippen LogP contribution in [0.15, 0.2) is 70.7 Å². The summed E-state index contributed by atoms with van der Waals surface area (Å²) >= 11 is 12.2. The minimum atomic E-state index is -4.56. The Kier molecular flexibility index (Phi) is 7.60. The normalized spacial score (nSPS) is 11.0. The molecule has 0 fully saturated rings. The highest BCUT2D eigenvalue weighted by Crippen LogP contribution is 2.36. The lowest BCUT2D eigenvalue weighted by Gasteiger charge is -2.14. The quantitative estimate of drug-likeness (QED) is 0.372. The van der Waals surface area contributed by atoms with Gasteiger partial charge in [0.05, 0.1) is 16.1 Å². The summed E-state index contributed by atoms with van der Waals surface area (Å²) in [5, 5.41) is 8.64. The van der Waals surface area contributed by atoms with E-state index in [2.05, 4.69) is 20.9 Å². The van der Waals surface area contributed by atoms with Crippen LogP contribution in [-0.2, 0) is 6.18 Å². The van der Waals surface area contributed by atoms with Crippen LogP contribution in [0.4, 0.5) is 24.5 Å². The van der Waals surface area contributed by atoms with Crippen molar-refractivity contribution in [3.63, 3.8) is 0 Å². The molecule has 1 heterocycles. The van der Waals surface area contributed by atoms with E-state index in [9.17, 15) is 18.0 Å². The van der Waals surface area contributed by atoms with Crippen LogP contribution in [0.1, 0.15) is 15.9 Å². The van der Waals surface area contributed by atoms with Gasteiger partial charge in [0, 0.05) is 29.5 Å². The van der Waals surface area contributed by atoms with Gasteiger partial charge in [0.2, 0.25) is 0 Å². The Hall–Kier alpha value is -2.82. The van der Waals surface area contributed by atoms with Crippen molar-refractivity contribution < 1.29 is 18.0 Å². The number of carbonyl (C=O) groups excluding carboxylic acids is 1. The largest absolute Gasteiger partial charge is 0.417 e. The average Bonchev–Trinajstić information content (AvgIpc) is 2.75. The average molecular weight is 497 g/mol.